The van der Waals surface area contributed by atoms with Crippen LogP contribution < -0.4 is 0 Å². The summed E-state index contributed by atoms with van der Waals surface area (Å²) in [5.74, 6) is 0. The number of hydrogen-bond acceptors (Lipinski definition) is 3. The van der Waals surface area contributed by atoms with Gasteiger partial charge in [-0.25, -0.2) is 0 Å². The zero-order valence-electron chi connectivity index (χ0n) is 9.47. The fourth-order valence-corrected chi connectivity index (χ4v) is 1.40. The molecule has 1 unspecified atom stereocenters. The van der Waals surface area contributed by atoms with Gasteiger partial charge in [0.2, 0.25) is 0 Å². The number of carbonyl (C=O) groups excluding carboxylic acids is 1. The van der Waals surface area contributed by atoms with Crippen molar-refractivity contribution in [2.24, 2.45) is 0 Å². The van der Waals surface area contributed by atoms with Crippen LogP contribution in [-0.4, -0.2) is 26.8 Å². The molecule has 4 heteroatoms. The van der Waals surface area contributed by atoms with Crippen molar-refractivity contribution < 1.29 is 9.90 Å². The van der Waals surface area contributed by atoms with E-state index in [0.29, 0.717) is 12.5 Å². The van der Waals surface area contributed by atoms with Crippen molar-refractivity contribution in [2.75, 3.05) is 0 Å². The minimum Gasteiger partial charge on any atom is -0.389 e. The highest BCUT2D eigenvalue weighted by molar-refractivity contribution is 5.51. The van der Waals surface area contributed by atoms with E-state index in [9.17, 15) is 9.90 Å². The number of aliphatic hydroxyl groups is 1. The number of rotatable bonds is 5. The summed E-state index contributed by atoms with van der Waals surface area (Å²) < 4.78 is 1.84. The lowest BCUT2D eigenvalue weighted by Crippen LogP contribution is -2.27. The molecule has 1 heterocycles. The number of hydrogen-bond donors (Lipinski definition) is 1. The summed E-state index contributed by atoms with van der Waals surface area (Å²) in [6, 6.07) is 2.19. The standard InChI is InChI=1S/C11H18N2O2/c1-9(2)13-6-4-10(12-13)8-11(3,15)5-7-14/h4,6-7,9,15H,5,8H2,1-3H3. The summed E-state index contributed by atoms with van der Waals surface area (Å²) in [5, 5.41) is 14.2. The van der Waals surface area contributed by atoms with Crippen molar-refractivity contribution in [3.05, 3.63) is 18.0 Å². The van der Waals surface area contributed by atoms with E-state index in [0.717, 1.165) is 12.0 Å². The quantitative estimate of drug-likeness (QED) is 0.746. The van der Waals surface area contributed by atoms with Gasteiger partial charge in [-0.1, -0.05) is 0 Å². The second-order valence-electron chi connectivity index (χ2n) is 4.43. The largest absolute Gasteiger partial charge is 0.389 e. The molecule has 1 rings (SSSR count). The Bertz CT molecular complexity index is 329. The highest BCUT2D eigenvalue weighted by Crippen LogP contribution is 2.15. The molecule has 15 heavy (non-hydrogen) atoms. The Morgan fingerprint density at radius 2 is 2.33 bits per heavy atom. The van der Waals surface area contributed by atoms with E-state index < -0.39 is 5.60 Å². The van der Waals surface area contributed by atoms with Crippen LogP contribution in [-0.2, 0) is 11.2 Å². The van der Waals surface area contributed by atoms with Gasteiger partial charge in [-0.2, -0.15) is 5.10 Å². The molecule has 1 aromatic rings. The molecule has 0 bridgehead atoms. The van der Waals surface area contributed by atoms with Crippen LogP contribution >= 0.6 is 0 Å². The minimum atomic E-state index is -0.988. The predicted molar refractivity (Wildman–Crippen MR) is 57.6 cm³/mol. The average molecular weight is 210 g/mol. The Kier molecular flexibility index (Phi) is 3.63. The Balaban J connectivity index is 2.68. The molecule has 0 aliphatic rings. The first-order valence-corrected chi connectivity index (χ1v) is 5.14. The van der Waals surface area contributed by atoms with Crippen molar-refractivity contribution in [3.63, 3.8) is 0 Å². The molecular formula is C11H18N2O2. The summed E-state index contributed by atoms with van der Waals surface area (Å²) >= 11 is 0. The molecular weight excluding hydrogens is 192 g/mol. The molecule has 1 N–H and O–H groups in total. The van der Waals surface area contributed by atoms with E-state index in [2.05, 4.69) is 5.10 Å². The van der Waals surface area contributed by atoms with Crippen molar-refractivity contribution in [2.45, 2.75) is 45.3 Å². The fourth-order valence-electron chi connectivity index (χ4n) is 1.40. The van der Waals surface area contributed by atoms with Crippen LogP contribution in [0.25, 0.3) is 0 Å². The number of nitrogens with zero attached hydrogens (tertiary/aromatic N) is 2. The van der Waals surface area contributed by atoms with Crippen molar-refractivity contribution in [1.29, 1.82) is 0 Å². The average Bonchev–Trinajstić information content (AvgIpc) is 2.51. The Labute approximate surface area is 89.9 Å². The Morgan fingerprint density at radius 3 is 2.80 bits per heavy atom. The van der Waals surface area contributed by atoms with Crippen LogP contribution in [0.4, 0.5) is 0 Å². The maximum Gasteiger partial charge on any atom is 0.122 e. The van der Waals surface area contributed by atoms with Gasteiger partial charge < -0.3 is 9.90 Å². The van der Waals surface area contributed by atoms with Crippen LogP contribution in [0.5, 0.6) is 0 Å². The molecule has 0 spiro atoms. The summed E-state index contributed by atoms with van der Waals surface area (Å²) in [6.45, 7) is 5.73. The van der Waals surface area contributed by atoms with Gasteiger partial charge in [-0.15, -0.1) is 0 Å². The second-order valence-corrected chi connectivity index (χ2v) is 4.43. The third-order valence-corrected chi connectivity index (χ3v) is 2.28. The first kappa shape index (κ1) is 11.9. The summed E-state index contributed by atoms with van der Waals surface area (Å²) in [5.41, 5.74) is -0.173. The minimum absolute atomic E-state index is 0.140. The van der Waals surface area contributed by atoms with Gasteiger partial charge in [-0.3, -0.25) is 4.68 Å². The summed E-state index contributed by atoms with van der Waals surface area (Å²) in [4.78, 5) is 10.3. The number of aldehydes is 1. The zero-order chi connectivity index (χ0) is 11.5. The van der Waals surface area contributed by atoms with Gasteiger partial charge in [0.05, 0.1) is 11.3 Å². The van der Waals surface area contributed by atoms with Gasteiger partial charge in [0.25, 0.3) is 0 Å². The van der Waals surface area contributed by atoms with Gasteiger partial charge in [0.1, 0.15) is 6.29 Å². The van der Waals surface area contributed by atoms with Crippen molar-refractivity contribution >= 4 is 6.29 Å². The number of aromatic nitrogens is 2. The van der Waals surface area contributed by atoms with Crippen LogP contribution in [0.1, 0.15) is 38.9 Å². The van der Waals surface area contributed by atoms with E-state index in [4.69, 9.17) is 0 Å². The molecule has 0 saturated heterocycles. The van der Waals surface area contributed by atoms with Crippen molar-refractivity contribution in [3.8, 4) is 0 Å². The first-order valence-electron chi connectivity index (χ1n) is 5.14. The normalized spacial score (nSPS) is 15.3. The molecule has 0 fully saturated rings. The highest BCUT2D eigenvalue weighted by atomic mass is 16.3. The fraction of sp³-hybridized carbons (Fsp3) is 0.636. The lowest BCUT2D eigenvalue weighted by atomic mass is 9.97. The molecule has 1 atom stereocenters. The smallest absolute Gasteiger partial charge is 0.122 e. The van der Waals surface area contributed by atoms with E-state index in [1.807, 2.05) is 30.8 Å². The highest BCUT2D eigenvalue weighted by Gasteiger charge is 2.21. The third kappa shape index (κ3) is 3.47. The lowest BCUT2D eigenvalue weighted by molar-refractivity contribution is -0.111. The summed E-state index contributed by atoms with van der Waals surface area (Å²) in [6.07, 6.45) is 3.17. The van der Waals surface area contributed by atoms with Gasteiger partial charge >= 0.3 is 0 Å². The van der Waals surface area contributed by atoms with Crippen molar-refractivity contribution in [1.82, 2.24) is 9.78 Å². The maximum absolute atomic E-state index is 10.3. The molecule has 0 saturated carbocycles. The molecule has 0 amide bonds. The van der Waals surface area contributed by atoms with Crippen LogP contribution in [0.2, 0.25) is 0 Å². The predicted octanol–water partition coefficient (Wildman–Crippen LogP) is 1.35. The second kappa shape index (κ2) is 4.57. The van der Waals surface area contributed by atoms with Crippen LogP contribution in [0, 0.1) is 0 Å². The number of carbonyl (C=O) groups is 1. The SMILES string of the molecule is CC(C)n1ccc(CC(C)(O)CC=O)n1. The molecule has 0 aliphatic heterocycles. The molecule has 1 aromatic heterocycles. The third-order valence-electron chi connectivity index (χ3n) is 2.28. The molecule has 0 aliphatic carbocycles. The Hall–Kier alpha value is -1.16. The summed E-state index contributed by atoms with van der Waals surface area (Å²) in [7, 11) is 0. The molecule has 0 radical (unpaired) electrons. The lowest BCUT2D eigenvalue weighted by Gasteiger charge is -2.18. The van der Waals surface area contributed by atoms with Gasteiger partial charge in [0, 0.05) is 25.1 Å². The molecule has 0 aromatic carbocycles. The van der Waals surface area contributed by atoms with E-state index in [1.165, 1.54) is 0 Å². The van der Waals surface area contributed by atoms with E-state index in [-0.39, 0.29) is 6.42 Å². The zero-order valence-corrected chi connectivity index (χ0v) is 9.47. The Morgan fingerprint density at radius 1 is 1.67 bits per heavy atom. The van der Waals surface area contributed by atoms with Gasteiger partial charge in [0.15, 0.2) is 0 Å². The van der Waals surface area contributed by atoms with E-state index >= 15 is 0 Å². The van der Waals surface area contributed by atoms with Crippen LogP contribution in [0.3, 0.4) is 0 Å². The van der Waals surface area contributed by atoms with Crippen LogP contribution in [0.15, 0.2) is 12.3 Å². The topological polar surface area (TPSA) is 55.1 Å². The van der Waals surface area contributed by atoms with Gasteiger partial charge in [-0.05, 0) is 26.8 Å². The van der Waals surface area contributed by atoms with E-state index in [1.54, 1.807) is 6.92 Å². The maximum atomic E-state index is 10.3. The molecule has 4 nitrogen and oxygen atoms in total. The first-order chi connectivity index (χ1) is 6.94. The monoisotopic (exact) mass is 210 g/mol. The molecule has 84 valence electrons.